The van der Waals surface area contributed by atoms with E-state index in [1.807, 2.05) is 11.0 Å². The van der Waals surface area contributed by atoms with Gasteiger partial charge in [0.25, 0.3) is 5.91 Å². The van der Waals surface area contributed by atoms with E-state index in [0.29, 0.717) is 45.0 Å². The molecule has 0 bridgehead atoms. The second-order valence-corrected chi connectivity index (χ2v) is 6.53. The zero-order valence-corrected chi connectivity index (χ0v) is 13.7. The minimum atomic E-state index is -0.755. The number of hydrogen-bond donors (Lipinski definition) is 2. The summed E-state index contributed by atoms with van der Waals surface area (Å²) >= 11 is 0. The molecule has 24 heavy (non-hydrogen) atoms. The van der Waals surface area contributed by atoms with E-state index in [0.717, 1.165) is 6.54 Å². The molecule has 0 spiro atoms. The smallest absolute Gasteiger partial charge is 0.309 e. The zero-order valence-electron chi connectivity index (χ0n) is 13.7. The lowest BCUT2D eigenvalue weighted by atomic mass is 10.1. The number of aliphatic carboxylic acids is 1. The maximum absolute atomic E-state index is 12.6. The maximum atomic E-state index is 12.6. The molecule has 1 aromatic heterocycles. The Labute approximate surface area is 141 Å². The van der Waals surface area contributed by atoms with Crippen LogP contribution in [0.2, 0.25) is 0 Å². The van der Waals surface area contributed by atoms with E-state index in [9.17, 15) is 14.7 Å². The predicted molar refractivity (Wildman–Crippen MR) is 89.8 cm³/mol. The summed E-state index contributed by atoms with van der Waals surface area (Å²) in [5.41, 5.74) is 0.600. The van der Waals surface area contributed by atoms with E-state index >= 15 is 0 Å². The van der Waals surface area contributed by atoms with Crippen LogP contribution in [-0.4, -0.2) is 88.5 Å². The lowest BCUT2D eigenvalue weighted by molar-refractivity contribution is -0.142. The van der Waals surface area contributed by atoms with Crippen LogP contribution in [0.25, 0.3) is 0 Å². The van der Waals surface area contributed by atoms with E-state index in [4.69, 9.17) is 0 Å². The summed E-state index contributed by atoms with van der Waals surface area (Å²) in [6, 6.07) is 3.76. The van der Waals surface area contributed by atoms with E-state index < -0.39 is 11.9 Å². The molecule has 7 heteroatoms. The molecule has 0 aliphatic carbocycles. The second kappa shape index (κ2) is 7.19. The fourth-order valence-corrected chi connectivity index (χ4v) is 3.64. The van der Waals surface area contributed by atoms with E-state index in [-0.39, 0.29) is 11.9 Å². The van der Waals surface area contributed by atoms with Crippen LogP contribution in [0.1, 0.15) is 10.5 Å². The fourth-order valence-electron chi connectivity index (χ4n) is 3.64. The van der Waals surface area contributed by atoms with Crippen molar-refractivity contribution in [3.05, 3.63) is 36.7 Å². The number of fused-ring (bicyclic) bond motifs is 1. The number of nitrogens with zero attached hydrogens (tertiary/aromatic N) is 3. The third-order valence-electron chi connectivity index (χ3n) is 4.86. The molecule has 2 aliphatic rings. The molecule has 0 saturated carbocycles. The Morgan fingerprint density at radius 3 is 2.79 bits per heavy atom. The Bertz CT molecular complexity index is 601. The van der Waals surface area contributed by atoms with Crippen molar-refractivity contribution >= 4 is 11.9 Å². The first-order valence-corrected chi connectivity index (χ1v) is 8.31. The van der Waals surface area contributed by atoms with Crippen LogP contribution in [0.5, 0.6) is 0 Å². The molecule has 1 aromatic rings. The molecule has 7 nitrogen and oxygen atoms in total. The standard InChI is InChI=1S/C17H24N4O3/c1-2-6-19-9-13(17(23)24)10-20-7-8-21(12-14(20)11-19)16(22)15-4-3-5-18-15/h2-5,13-14,18H,1,6-12H2,(H,23,24)/t13-,14-/m1/s1. The average Bonchev–Trinajstić information content (AvgIpc) is 3.02. The van der Waals surface area contributed by atoms with Gasteiger partial charge in [0.15, 0.2) is 0 Å². The first-order valence-electron chi connectivity index (χ1n) is 8.31. The summed E-state index contributed by atoms with van der Waals surface area (Å²) in [6.07, 6.45) is 3.55. The first-order chi connectivity index (χ1) is 11.6. The predicted octanol–water partition coefficient (Wildman–Crippen LogP) is 0.344. The van der Waals surface area contributed by atoms with Crippen LogP contribution >= 0.6 is 0 Å². The molecule has 0 unspecified atom stereocenters. The van der Waals surface area contributed by atoms with Crippen LogP contribution in [0.15, 0.2) is 31.0 Å². The molecule has 2 saturated heterocycles. The van der Waals surface area contributed by atoms with Crippen LogP contribution in [0, 0.1) is 5.92 Å². The van der Waals surface area contributed by atoms with Crippen molar-refractivity contribution in [2.24, 2.45) is 5.92 Å². The Balaban J connectivity index is 1.72. The number of carbonyl (C=O) groups excluding carboxylic acids is 1. The van der Waals surface area contributed by atoms with Crippen molar-refractivity contribution in [1.82, 2.24) is 19.7 Å². The van der Waals surface area contributed by atoms with Crippen LogP contribution < -0.4 is 0 Å². The summed E-state index contributed by atoms with van der Waals surface area (Å²) in [4.78, 5) is 33.2. The van der Waals surface area contributed by atoms with Crippen molar-refractivity contribution < 1.29 is 14.7 Å². The molecule has 2 N–H and O–H groups in total. The van der Waals surface area contributed by atoms with Gasteiger partial charge in [0.1, 0.15) is 5.69 Å². The molecular formula is C17H24N4O3. The Kier molecular flexibility index (Phi) is 5.01. The van der Waals surface area contributed by atoms with Crippen molar-refractivity contribution in [1.29, 1.82) is 0 Å². The van der Waals surface area contributed by atoms with Gasteiger partial charge in [-0.1, -0.05) is 6.08 Å². The third kappa shape index (κ3) is 3.52. The molecule has 1 amide bonds. The highest BCUT2D eigenvalue weighted by Gasteiger charge is 2.37. The van der Waals surface area contributed by atoms with Gasteiger partial charge in [-0.15, -0.1) is 6.58 Å². The summed E-state index contributed by atoms with van der Waals surface area (Å²) in [5, 5.41) is 9.46. The van der Waals surface area contributed by atoms with E-state index in [2.05, 4.69) is 21.4 Å². The lowest BCUT2D eigenvalue weighted by Crippen LogP contribution is -2.57. The van der Waals surface area contributed by atoms with Crippen LogP contribution in [-0.2, 0) is 4.79 Å². The number of carboxylic acid groups (broad SMARTS) is 1. The van der Waals surface area contributed by atoms with Gasteiger partial charge in [0, 0.05) is 58.1 Å². The van der Waals surface area contributed by atoms with Gasteiger partial charge in [0.2, 0.25) is 0 Å². The Hall–Kier alpha value is -2.12. The van der Waals surface area contributed by atoms with Crippen LogP contribution in [0.4, 0.5) is 0 Å². The number of hydrogen-bond acceptors (Lipinski definition) is 4. The normalized spacial score (nSPS) is 25.8. The highest BCUT2D eigenvalue weighted by atomic mass is 16.4. The maximum Gasteiger partial charge on any atom is 0.309 e. The number of aromatic nitrogens is 1. The fraction of sp³-hybridized carbons (Fsp3) is 0.529. The average molecular weight is 332 g/mol. The van der Waals surface area contributed by atoms with Gasteiger partial charge >= 0.3 is 5.97 Å². The van der Waals surface area contributed by atoms with E-state index in [1.54, 1.807) is 18.3 Å². The van der Waals surface area contributed by atoms with Crippen molar-refractivity contribution in [2.75, 3.05) is 45.8 Å². The summed E-state index contributed by atoms with van der Waals surface area (Å²) < 4.78 is 0. The first kappa shape index (κ1) is 16.7. The second-order valence-electron chi connectivity index (χ2n) is 6.53. The molecule has 3 rings (SSSR count). The highest BCUT2D eigenvalue weighted by molar-refractivity contribution is 5.92. The SMILES string of the molecule is C=CCN1C[C@@H](C(=O)O)CN2CCN(C(=O)c3ccc[nH]3)C[C@H]2C1. The number of H-pyrrole nitrogens is 1. The van der Waals surface area contributed by atoms with Gasteiger partial charge in [-0.05, 0) is 12.1 Å². The summed E-state index contributed by atoms with van der Waals surface area (Å²) in [6.45, 7) is 8.21. The molecule has 3 heterocycles. The molecule has 0 aromatic carbocycles. The molecular weight excluding hydrogens is 308 g/mol. The monoisotopic (exact) mass is 332 g/mol. The number of nitrogens with one attached hydrogen (secondary N) is 1. The van der Waals surface area contributed by atoms with Gasteiger partial charge in [-0.25, -0.2) is 0 Å². The Morgan fingerprint density at radius 1 is 1.29 bits per heavy atom. The summed E-state index contributed by atoms with van der Waals surface area (Å²) in [5.74, 6) is -1.15. The third-order valence-corrected chi connectivity index (χ3v) is 4.86. The number of carboxylic acids is 1. The lowest BCUT2D eigenvalue weighted by Gasteiger charge is -2.41. The minimum Gasteiger partial charge on any atom is -0.481 e. The topological polar surface area (TPSA) is 79.9 Å². The molecule has 2 aliphatic heterocycles. The van der Waals surface area contributed by atoms with Crippen LogP contribution in [0.3, 0.4) is 0 Å². The largest absolute Gasteiger partial charge is 0.481 e. The number of amides is 1. The molecule has 0 radical (unpaired) electrons. The number of carbonyl (C=O) groups is 2. The minimum absolute atomic E-state index is 0.00829. The molecule has 2 fully saturated rings. The molecule has 2 atom stereocenters. The van der Waals surface area contributed by atoms with Gasteiger partial charge < -0.3 is 15.0 Å². The quantitative estimate of drug-likeness (QED) is 0.778. The zero-order chi connectivity index (χ0) is 17.1. The molecule has 130 valence electrons. The van der Waals surface area contributed by atoms with Gasteiger partial charge in [0.05, 0.1) is 5.92 Å². The van der Waals surface area contributed by atoms with Gasteiger partial charge in [-0.3, -0.25) is 19.4 Å². The van der Waals surface area contributed by atoms with Crippen molar-refractivity contribution in [2.45, 2.75) is 6.04 Å². The number of piperazine rings is 1. The van der Waals surface area contributed by atoms with E-state index in [1.165, 1.54) is 0 Å². The van der Waals surface area contributed by atoms with Crippen molar-refractivity contribution in [3.8, 4) is 0 Å². The summed E-state index contributed by atoms with van der Waals surface area (Å²) in [7, 11) is 0. The van der Waals surface area contributed by atoms with Crippen molar-refractivity contribution in [3.63, 3.8) is 0 Å². The number of aromatic amines is 1. The van der Waals surface area contributed by atoms with Gasteiger partial charge in [-0.2, -0.15) is 0 Å². The highest BCUT2D eigenvalue weighted by Crippen LogP contribution is 2.20. The number of rotatable bonds is 4. The Morgan fingerprint density at radius 2 is 2.12 bits per heavy atom.